The SMILES string of the molecule is CCC.CCC(C)C(C(CC(=O)N1CCCC1C(OC)C(C)C(=O)NCCO)OC)N(C)C(=O)CNC(=O)C1CCCN1.Cc1ccccc1. The minimum atomic E-state index is -0.559. The van der Waals surface area contributed by atoms with Crippen LogP contribution >= 0.6 is 0 Å². The lowest BCUT2D eigenvalue weighted by molar-refractivity contribution is -0.145. The fraction of sp³-hybridized carbons (Fsp3) is 0.737. The molecule has 4 amide bonds. The van der Waals surface area contributed by atoms with Gasteiger partial charge in [0.25, 0.3) is 0 Å². The molecular formula is C38H67N5O7. The van der Waals surface area contributed by atoms with Gasteiger partial charge in [0, 0.05) is 34.4 Å². The van der Waals surface area contributed by atoms with E-state index in [2.05, 4.69) is 48.9 Å². The van der Waals surface area contributed by atoms with E-state index in [1.165, 1.54) is 12.0 Å². The lowest BCUT2D eigenvalue weighted by atomic mass is 9.90. The first kappa shape index (κ1) is 45.0. The van der Waals surface area contributed by atoms with Crippen molar-refractivity contribution in [3.8, 4) is 0 Å². The third-order valence-corrected chi connectivity index (χ3v) is 9.45. The van der Waals surface area contributed by atoms with Crippen molar-refractivity contribution in [1.29, 1.82) is 0 Å². The number of likely N-dealkylation sites (N-methyl/N-ethyl adjacent to an activating group) is 1. The minimum Gasteiger partial charge on any atom is -0.395 e. The Bertz CT molecular complexity index is 1120. The zero-order valence-electron chi connectivity index (χ0n) is 32.2. The third-order valence-electron chi connectivity index (χ3n) is 9.45. The van der Waals surface area contributed by atoms with Gasteiger partial charge in [-0.25, -0.2) is 0 Å². The van der Waals surface area contributed by atoms with Gasteiger partial charge >= 0.3 is 0 Å². The van der Waals surface area contributed by atoms with Crippen LogP contribution in [0.2, 0.25) is 0 Å². The first-order chi connectivity index (χ1) is 23.9. The summed E-state index contributed by atoms with van der Waals surface area (Å²) >= 11 is 0. The standard InChI is InChI=1S/C28H51N5O7.C7H8.C3H8/c1-7-18(2)25(32(4)24(36)17-31-28(38)20-10-8-12-29-20)22(39-5)16-23(35)33-14-9-11-21(33)26(40-6)19(3)27(37)30-13-15-34;1-7-5-3-2-4-6-7;1-3-2/h18-22,25-26,29,34H,7-17H2,1-6H3,(H,30,37)(H,31,38);2-6H,1H3;3H2,1-2H3. The molecule has 1 aromatic rings. The van der Waals surface area contributed by atoms with Crippen molar-refractivity contribution in [3.05, 3.63) is 35.9 Å². The lowest BCUT2D eigenvalue weighted by Gasteiger charge is -2.39. The summed E-state index contributed by atoms with van der Waals surface area (Å²) in [5.41, 5.74) is 1.32. The summed E-state index contributed by atoms with van der Waals surface area (Å²) in [6, 6.07) is 9.35. The van der Waals surface area contributed by atoms with Gasteiger partial charge in [-0.15, -0.1) is 0 Å². The average Bonchev–Trinajstić information content (AvgIpc) is 3.84. The van der Waals surface area contributed by atoms with Crippen molar-refractivity contribution in [2.24, 2.45) is 11.8 Å². The highest BCUT2D eigenvalue weighted by Gasteiger charge is 2.42. The molecule has 12 heteroatoms. The molecule has 7 unspecified atom stereocenters. The first-order valence-corrected chi connectivity index (χ1v) is 18.4. The predicted octanol–water partition coefficient (Wildman–Crippen LogP) is 3.29. The van der Waals surface area contributed by atoms with E-state index in [1.54, 1.807) is 38.0 Å². The number of nitrogens with zero attached hydrogens (tertiary/aromatic N) is 2. The summed E-state index contributed by atoms with van der Waals surface area (Å²) in [5, 5.41) is 17.6. The zero-order valence-corrected chi connectivity index (χ0v) is 32.2. The van der Waals surface area contributed by atoms with Gasteiger partial charge in [0.15, 0.2) is 0 Å². The smallest absolute Gasteiger partial charge is 0.242 e. The van der Waals surface area contributed by atoms with Crippen LogP contribution in [0.15, 0.2) is 30.3 Å². The number of carbonyl (C=O) groups is 4. The van der Waals surface area contributed by atoms with E-state index >= 15 is 0 Å². The number of benzene rings is 1. The summed E-state index contributed by atoms with van der Waals surface area (Å²) in [6.45, 7) is 13.4. The number of aryl methyl sites for hydroxylation is 1. The molecule has 2 heterocycles. The number of hydrogen-bond acceptors (Lipinski definition) is 8. The monoisotopic (exact) mass is 706 g/mol. The summed E-state index contributed by atoms with van der Waals surface area (Å²) in [6.07, 6.45) is 4.23. The maximum Gasteiger partial charge on any atom is 0.242 e. The Kier molecular flexibility index (Phi) is 22.5. The van der Waals surface area contributed by atoms with Crippen LogP contribution in [-0.4, -0.2) is 123 Å². The molecule has 2 fully saturated rings. The number of hydrogen-bond donors (Lipinski definition) is 4. The van der Waals surface area contributed by atoms with E-state index in [9.17, 15) is 19.2 Å². The van der Waals surface area contributed by atoms with Gasteiger partial charge in [-0.05, 0) is 45.1 Å². The van der Waals surface area contributed by atoms with Crippen molar-refractivity contribution in [1.82, 2.24) is 25.8 Å². The number of aliphatic hydroxyl groups is 1. The van der Waals surface area contributed by atoms with E-state index in [0.29, 0.717) is 13.0 Å². The fourth-order valence-corrected chi connectivity index (χ4v) is 6.52. The van der Waals surface area contributed by atoms with Crippen LogP contribution in [0.25, 0.3) is 0 Å². The quantitative estimate of drug-likeness (QED) is 0.205. The average molecular weight is 706 g/mol. The molecule has 3 rings (SSSR count). The molecule has 0 radical (unpaired) electrons. The maximum atomic E-state index is 13.7. The third kappa shape index (κ3) is 14.7. The normalized spacial score (nSPS) is 19.8. The first-order valence-electron chi connectivity index (χ1n) is 18.4. The highest BCUT2D eigenvalue weighted by atomic mass is 16.5. The van der Waals surface area contributed by atoms with Crippen molar-refractivity contribution < 1.29 is 33.8 Å². The van der Waals surface area contributed by atoms with Gasteiger partial charge in [0.05, 0.1) is 55.8 Å². The van der Waals surface area contributed by atoms with E-state index in [-0.39, 0.29) is 73.8 Å². The molecule has 0 bridgehead atoms. The van der Waals surface area contributed by atoms with Crippen LogP contribution < -0.4 is 16.0 Å². The van der Waals surface area contributed by atoms with Crippen molar-refractivity contribution in [2.45, 2.75) is 117 Å². The minimum absolute atomic E-state index is 0.0373. The van der Waals surface area contributed by atoms with E-state index in [1.807, 2.05) is 32.0 Å². The molecule has 1 aromatic carbocycles. The number of nitrogens with one attached hydrogen (secondary N) is 3. The van der Waals surface area contributed by atoms with Crippen molar-refractivity contribution >= 4 is 23.6 Å². The van der Waals surface area contributed by atoms with Crippen LogP contribution in [0.4, 0.5) is 0 Å². The lowest BCUT2D eigenvalue weighted by Crippen LogP contribution is -2.54. The number of likely N-dealkylation sites (tertiary alicyclic amines) is 1. The van der Waals surface area contributed by atoms with Gasteiger partial charge in [-0.3, -0.25) is 19.2 Å². The molecule has 0 saturated carbocycles. The van der Waals surface area contributed by atoms with Crippen LogP contribution in [0.3, 0.4) is 0 Å². The molecular weight excluding hydrogens is 638 g/mol. The molecule has 2 aliphatic heterocycles. The molecule has 4 N–H and O–H groups in total. The summed E-state index contributed by atoms with van der Waals surface area (Å²) < 4.78 is 11.6. The molecule has 12 nitrogen and oxygen atoms in total. The van der Waals surface area contributed by atoms with E-state index in [0.717, 1.165) is 32.2 Å². The second-order valence-corrected chi connectivity index (χ2v) is 13.4. The Labute approximate surface area is 301 Å². The number of rotatable bonds is 16. The summed E-state index contributed by atoms with van der Waals surface area (Å²) in [5.74, 6) is -1.25. The van der Waals surface area contributed by atoms with Crippen LogP contribution in [0, 0.1) is 18.8 Å². The van der Waals surface area contributed by atoms with Crippen LogP contribution in [0.5, 0.6) is 0 Å². The maximum absolute atomic E-state index is 13.7. The van der Waals surface area contributed by atoms with E-state index in [4.69, 9.17) is 14.6 Å². The van der Waals surface area contributed by atoms with E-state index < -0.39 is 18.1 Å². The van der Waals surface area contributed by atoms with Gasteiger partial charge < -0.3 is 40.3 Å². The molecule has 50 heavy (non-hydrogen) atoms. The topological polar surface area (TPSA) is 150 Å². The Balaban J connectivity index is 0.00000108. The molecule has 2 saturated heterocycles. The molecule has 7 atom stereocenters. The fourth-order valence-electron chi connectivity index (χ4n) is 6.52. The van der Waals surface area contributed by atoms with Gasteiger partial charge in [-0.1, -0.05) is 83.4 Å². The van der Waals surface area contributed by atoms with Crippen LogP contribution in [0.1, 0.15) is 85.1 Å². The zero-order chi connectivity index (χ0) is 37.6. The van der Waals surface area contributed by atoms with Gasteiger partial charge in [0.2, 0.25) is 23.6 Å². The molecule has 286 valence electrons. The predicted molar refractivity (Wildman–Crippen MR) is 197 cm³/mol. The molecule has 0 aliphatic carbocycles. The number of aliphatic hydroxyl groups excluding tert-OH is 1. The number of amides is 4. The molecule has 0 aromatic heterocycles. The number of ether oxygens (including phenoxy) is 2. The summed E-state index contributed by atoms with van der Waals surface area (Å²) in [7, 11) is 4.79. The summed E-state index contributed by atoms with van der Waals surface area (Å²) in [4.78, 5) is 55.2. The molecule has 0 spiro atoms. The van der Waals surface area contributed by atoms with Crippen LogP contribution in [-0.2, 0) is 28.7 Å². The van der Waals surface area contributed by atoms with Gasteiger partial charge in [0.1, 0.15) is 0 Å². The van der Waals surface area contributed by atoms with Crippen molar-refractivity contribution in [3.63, 3.8) is 0 Å². The number of carbonyl (C=O) groups excluding carboxylic acids is 4. The highest BCUT2D eigenvalue weighted by Crippen LogP contribution is 2.29. The Hall–Kier alpha value is -3.06. The largest absolute Gasteiger partial charge is 0.395 e. The second-order valence-electron chi connectivity index (χ2n) is 13.4. The molecule has 2 aliphatic rings. The Morgan fingerprint density at radius 3 is 2.18 bits per heavy atom. The Morgan fingerprint density at radius 1 is 1.02 bits per heavy atom. The number of methoxy groups -OCH3 is 2. The Morgan fingerprint density at radius 2 is 1.68 bits per heavy atom. The van der Waals surface area contributed by atoms with Gasteiger partial charge in [-0.2, -0.15) is 0 Å². The highest BCUT2D eigenvalue weighted by molar-refractivity contribution is 5.87. The van der Waals surface area contributed by atoms with Crippen molar-refractivity contribution in [2.75, 3.05) is 54.1 Å². The second kappa shape index (κ2) is 25.0.